The summed E-state index contributed by atoms with van der Waals surface area (Å²) in [7, 11) is 4.28. The summed E-state index contributed by atoms with van der Waals surface area (Å²) in [6.07, 6.45) is -4.47. The molecule has 2 rings (SSSR count). The molecule has 0 saturated carbocycles. The number of alkyl halides is 3. The molecule has 0 fully saturated rings. The summed E-state index contributed by atoms with van der Waals surface area (Å²) >= 11 is 0. The SMILES string of the molecule is COC(=O)c1cccc(C(=O)N(C)C)c1-c1ccc(C(F)(F)F)cc1. The van der Waals surface area contributed by atoms with E-state index in [0.717, 1.165) is 12.1 Å². The van der Waals surface area contributed by atoms with Gasteiger partial charge in [0.2, 0.25) is 0 Å². The summed E-state index contributed by atoms with van der Waals surface area (Å²) in [6.45, 7) is 0. The first-order chi connectivity index (χ1) is 11.7. The van der Waals surface area contributed by atoms with E-state index in [9.17, 15) is 22.8 Å². The summed E-state index contributed by atoms with van der Waals surface area (Å²) in [5.41, 5.74) is 0.0517. The average molecular weight is 351 g/mol. The molecule has 0 aliphatic carbocycles. The van der Waals surface area contributed by atoms with Gasteiger partial charge in [-0.15, -0.1) is 0 Å². The zero-order chi connectivity index (χ0) is 18.8. The highest BCUT2D eigenvalue weighted by Gasteiger charge is 2.30. The summed E-state index contributed by atoms with van der Waals surface area (Å²) in [4.78, 5) is 25.8. The quantitative estimate of drug-likeness (QED) is 0.789. The molecule has 1 amide bonds. The third-order valence-corrected chi connectivity index (χ3v) is 3.61. The van der Waals surface area contributed by atoms with Gasteiger partial charge in [0.15, 0.2) is 0 Å². The minimum Gasteiger partial charge on any atom is -0.465 e. The molecule has 2 aromatic carbocycles. The molecule has 0 bridgehead atoms. The van der Waals surface area contributed by atoms with Crippen LogP contribution in [0.15, 0.2) is 42.5 Å². The third kappa shape index (κ3) is 3.81. The van der Waals surface area contributed by atoms with Gasteiger partial charge in [-0.3, -0.25) is 4.79 Å². The molecule has 0 N–H and O–H groups in total. The van der Waals surface area contributed by atoms with Gasteiger partial charge in [-0.05, 0) is 29.8 Å². The number of carbonyl (C=O) groups is 2. The average Bonchev–Trinajstić information content (AvgIpc) is 2.59. The number of nitrogens with zero attached hydrogens (tertiary/aromatic N) is 1. The molecule has 0 atom stereocenters. The summed E-state index contributed by atoms with van der Waals surface area (Å²) in [6, 6.07) is 8.79. The number of methoxy groups -OCH3 is 1. The van der Waals surface area contributed by atoms with Crippen molar-refractivity contribution in [1.29, 1.82) is 0 Å². The zero-order valence-corrected chi connectivity index (χ0v) is 13.8. The van der Waals surface area contributed by atoms with Crippen LogP contribution in [-0.2, 0) is 10.9 Å². The number of carbonyl (C=O) groups excluding carboxylic acids is 2. The Morgan fingerprint density at radius 2 is 1.52 bits per heavy atom. The number of ether oxygens (including phenoxy) is 1. The zero-order valence-electron chi connectivity index (χ0n) is 13.8. The Morgan fingerprint density at radius 3 is 2.00 bits per heavy atom. The molecule has 0 saturated heterocycles. The van der Waals surface area contributed by atoms with E-state index in [1.165, 1.54) is 42.3 Å². The second-order valence-electron chi connectivity index (χ2n) is 5.49. The molecular weight excluding hydrogens is 335 g/mol. The fraction of sp³-hybridized carbons (Fsp3) is 0.222. The fourth-order valence-electron chi connectivity index (χ4n) is 2.39. The number of hydrogen-bond donors (Lipinski definition) is 0. The van der Waals surface area contributed by atoms with E-state index in [1.54, 1.807) is 14.1 Å². The molecule has 0 aliphatic rings. The first-order valence-corrected chi connectivity index (χ1v) is 7.27. The Bertz CT molecular complexity index is 796. The monoisotopic (exact) mass is 351 g/mol. The lowest BCUT2D eigenvalue weighted by molar-refractivity contribution is -0.137. The van der Waals surface area contributed by atoms with Crippen LogP contribution in [0.4, 0.5) is 13.2 Å². The van der Waals surface area contributed by atoms with Crippen molar-refractivity contribution < 1.29 is 27.5 Å². The maximum absolute atomic E-state index is 12.8. The van der Waals surface area contributed by atoms with Crippen molar-refractivity contribution in [2.45, 2.75) is 6.18 Å². The summed E-state index contributed by atoms with van der Waals surface area (Å²) in [5.74, 6) is -1.05. The Balaban J connectivity index is 2.68. The first kappa shape index (κ1) is 18.5. The van der Waals surface area contributed by atoms with Crippen LogP contribution in [0.5, 0.6) is 0 Å². The lowest BCUT2D eigenvalue weighted by Crippen LogP contribution is -2.23. The van der Waals surface area contributed by atoms with E-state index in [4.69, 9.17) is 4.74 Å². The number of halogens is 3. The van der Waals surface area contributed by atoms with Gasteiger partial charge in [0, 0.05) is 25.2 Å². The minimum atomic E-state index is -4.47. The van der Waals surface area contributed by atoms with E-state index < -0.39 is 17.7 Å². The topological polar surface area (TPSA) is 46.6 Å². The van der Waals surface area contributed by atoms with Crippen LogP contribution < -0.4 is 0 Å². The van der Waals surface area contributed by atoms with Gasteiger partial charge in [-0.1, -0.05) is 18.2 Å². The van der Waals surface area contributed by atoms with Crippen LogP contribution in [0.3, 0.4) is 0 Å². The van der Waals surface area contributed by atoms with Crippen LogP contribution in [-0.4, -0.2) is 38.0 Å². The van der Waals surface area contributed by atoms with Crippen LogP contribution in [0.1, 0.15) is 26.3 Å². The number of rotatable bonds is 3. The van der Waals surface area contributed by atoms with Gasteiger partial charge in [-0.2, -0.15) is 13.2 Å². The third-order valence-electron chi connectivity index (χ3n) is 3.61. The largest absolute Gasteiger partial charge is 0.465 e. The summed E-state index contributed by atoms with van der Waals surface area (Å²) < 4.78 is 43.0. The van der Waals surface area contributed by atoms with Gasteiger partial charge >= 0.3 is 12.1 Å². The lowest BCUT2D eigenvalue weighted by Gasteiger charge is -2.17. The van der Waals surface area contributed by atoms with Crippen molar-refractivity contribution in [3.8, 4) is 11.1 Å². The number of esters is 1. The second-order valence-corrected chi connectivity index (χ2v) is 5.49. The molecule has 0 radical (unpaired) electrons. The molecule has 0 heterocycles. The normalized spacial score (nSPS) is 11.1. The van der Waals surface area contributed by atoms with Gasteiger partial charge in [0.25, 0.3) is 5.91 Å². The molecule has 2 aromatic rings. The van der Waals surface area contributed by atoms with Crippen LogP contribution in [0, 0.1) is 0 Å². The van der Waals surface area contributed by atoms with Gasteiger partial charge < -0.3 is 9.64 Å². The number of amides is 1. The fourth-order valence-corrected chi connectivity index (χ4v) is 2.39. The second kappa shape index (κ2) is 6.96. The Labute approximate surface area is 142 Å². The van der Waals surface area contributed by atoms with Crippen molar-refractivity contribution in [2.24, 2.45) is 0 Å². The van der Waals surface area contributed by atoms with Gasteiger partial charge in [0.05, 0.1) is 18.2 Å². The Hall–Kier alpha value is -2.83. The van der Waals surface area contributed by atoms with E-state index in [-0.39, 0.29) is 22.6 Å². The number of benzene rings is 2. The predicted octanol–water partition coefficient (Wildman–Crippen LogP) is 3.86. The van der Waals surface area contributed by atoms with Crippen molar-refractivity contribution in [3.63, 3.8) is 0 Å². The number of hydrogen-bond acceptors (Lipinski definition) is 3. The molecule has 25 heavy (non-hydrogen) atoms. The highest BCUT2D eigenvalue weighted by atomic mass is 19.4. The maximum Gasteiger partial charge on any atom is 0.416 e. The van der Waals surface area contributed by atoms with E-state index in [2.05, 4.69) is 0 Å². The van der Waals surface area contributed by atoms with E-state index >= 15 is 0 Å². The maximum atomic E-state index is 12.8. The molecule has 4 nitrogen and oxygen atoms in total. The van der Waals surface area contributed by atoms with E-state index in [0.29, 0.717) is 5.56 Å². The van der Waals surface area contributed by atoms with Crippen molar-refractivity contribution >= 4 is 11.9 Å². The predicted molar refractivity (Wildman–Crippen MR) is 86.2 cm³/mol. The highest BCUT2D eigenvalue weighted by molar-refractivity contribution is 6.07. The minimum absolute atomic E-state index is 0.106. The highest BCUT2D eigenvalue weighted by Crippen LogP contribution is 2.33. The Kier molecular flexibility index (Phi) is 5.15. The molecular formula is C18H16F3NO3. The molecule has 0 aliphatic heterocycles. The van der Waals surface area contributed by atoms with Crippen LogP contribution in [0.2, 0.25) is 0 Å². The summed E-state index contributed by atoms with van der Waals surface area (Å²) in [5, 5.41) is 0. The van der Waals surface area contributed by atoms with Crippen LogP contribution >= 0.6 is 0 Å². The first-order valence-electron chi connectivity index (χ1n) is 7.27. The lowest BCUT2D eigenvalue weighted by atomic mass is 9.93. The van der Waals surface area contributed by atoms with Gasteiger partial charge in [-0.25, -0.2) is 4.79 Å². The molecule has 0 unspecified atom stereocenters. The molecule has 0 aromatic heterocycles. The van der Waals surface area contributed by atoms with Gasteiger partial charge in [0.1, 0.15) is 0 Å². The van der Waals surface area contributed by atoms with Crippen molar-refractivity contribution in [1.82, 2.24) is 4.90 Å². The smallest absolute Gasteiger partial charge is 0.416 e. The standard InChI is InChI=1S/C18H16F3NO3/c1-22(2)16(23)13-5-4-6-14(17(24)25-3)15(13)11-7-9-12(10-8-11)18(19,20)21/h4-10H,1-3H3. The molecule has 7 heteroatoms. The van der Waals surface area contributed by atoms with Crippen molar-refractivity contribution in [2.75, 3.05) is 21.2 Å². The Morgan fingerprint density at radius 1 is 0.960 bits per heavy atom. The van der Waals surface area contributed by atoms with Crippen LogP contribution in [0.25, 0.3) is 11.1 Å². The molecule has 0 spiro atoms. The van der Waals surface area contributed by atoms with E-state index in [1.807, 2.05) is 0 Å². The molecule has 132 valence electrons. The van der Waals surface area contributed by atoms with Crippen molar-refractivity contribution in [3.05, 3.63) is 59.2 Å².